The van der Waals surface area contributed by atoms with Crippen LogP contribution in [0, 0.1) is 5.92 Å². The molecule has 2 atom stereocenters. The highest BCUT2D eigenvalue weighted by Gasteiger charge is 2.29. The number of allylic oxidation sites excluding steroid dienone is 1. The summed E-state index contributed by atoms with van der Waals surface area (Å²) in [5.41, 5.74) is 0.443. The van der Waals surface area contributed by atoms with Crippen LogP contribution in [0.1, 0.15) is 23.7 Å². The minimum absolute atomic E-state index is 0.482. The Bertz CT molecular complexity index is 673. The summed E-state index contributed by atoms with van der Waals surface area (Å²) in [6.07, 6.45) is 5.13. The van der Waals surface area contributed by atoms with Gasteiger partial charge in [0.05, 0.1) is 10.6 Å². The van der Waals surface area contributed by atoms with Crippen LogP contribution in [0.3, 0.4) is 0 Å². The summed E-state index contributed by atoms with van der Waals surface area (Å²) >= 11 is 3.03. The van der Waals surface area contributed by atoms with Gasteiger partial charge in [-0.1, -0.05) is 24.8 Å². The molecule has 7 heteroatoms. The van der Waals surface area contributed by atoms with E-state index in [0.29, 0.717) is 5.92 Å². The Kier molecular flexibility index (Phi) is 4.17. The van der Waals surface area contributed by atoms with Crippen molar-refractivity contribution in [2.75, 3.05) is 26.2 Å². The van der Waals surface area contributed by atoms with Crippen LogP contribution >= 0.6 is 23.1 Å². The second-order valence-corrected chi connectivity index (χ2v) is 8.07. The Labute approximate surface area is 144 Å². The lowest BCUT2D eigenvalue weighted by Crippen LogP contribution is -2.50. The van der Waals surface area contributed by atoms with Crippen LogP contribution in [0.4, 0.5) is 5.69 Å². The molecule has 5 nitrogen and oxygen atoms in total. The fourth-order valence-corrected chi connectivity index (χ4v) is 4.99. The molecule has 0 radical (unpaired) electrons. The zero-order chi connectivity index (χ0) is 15.8. The Morgan fingerprint density at radius 2 is 2.00 bits per heavy atom. The Hall–Kier alpha value is -1.31. The van der Waals surface area contributed by atoms with Crippen molar-refractivity contribution in [3.63, 3.8) is 0 Å². The zero-order valence-electron chi connectivity index (χ0n) is 13.1. The largest absolute Gasteiger partial charge is 0.377 e. The van der Waals surface area contributed by atoms with Gasteiger partial charge in [0.15, 0.2) is 5.17 Å². The van der Waals surface area contributed by atoms with E-state index >= 15 is 0 Å². The van der Waals surface area contributed by atoms with Crippen molar-refractivity contribution in [1.29, 1.82) is 0 Å². The first-order chi connectivity index (χ1) is 11.2. The molecule has 3 aliphatic rings. The minimum atomic E-state index is -0.482. The van der Waals surface area contributed by atoms with Gasteiger partial charge in [-0.2, -0.15) is 0 Å². The Morgan fingerprint density at radius 1 is 1.22 bits per heavy atom. The number of thiophene rings is 1. The molecule has 0 saturated carbocycles. The molecule has 0 spiro atoms. The molecule has 0 aromatic carbocycles. The van der Waals surface area contributed by atoms with Gasteiger partial charge in [-0.25, -0.2) is 9.98 Å². The number of fused-ring (bicyclic) bond motifs is 1. The van der Waals surface area contributed by atoms with E-state index in [9.17, 15) is 5.11 Å². The van der Waals surface area contributed by atoms with Crippen LogP contribution in [0.2, 0.25) is 0 Å². The van der Waals surface area contributed by atoms with Crippen molar-refractivity contribution < 1.29 is 5.11 Å². The molecule has 1 aromatic rings. The summed E-state index contributed by atoms with van der Waals surface area (Å²) in [6.45, 7) is 6.01. The van der Waals surface area contributed by atoms with E-state index in [1.807, 2.05) is 17.6 Å². The number of hydrogen-bond acceptors (Lipinski definition) is 7. The maximum atomic E-state index is 10.3. The van der Waals surface area contributed by atoms with E-state index in [4.69, 9.17) is 4.99 Å². The molecular weight excluding hydrogens is 328 g/mol. The average molecular weight is 348 g/mol. The number of amidine groups is 2. The van der Waals surface area contributed by atoms with E-state index in [0.717, 1.165) is 48.3 Å². The maximum Gasteiger partial charge on any atom is 0.167 e. The van der Waals surface area contributed by atoms with Gasteiger partial charge >= 0.3 is 0 Å². The number of nitrogens with zero attached hydrogens (tertiary/aromatic N) is 4. The van der Waals surface area contributed by atoms with Gasteiger partial charge < -0.3 is 14.9 Å². The highest BCUT2D eigenvalue weighted by molar-refractivity contribution is 8.14. The molecule has 0 bridgehead atoms. The number of rotatable bonds is 0. The van der Waals surface area contributed by atoms with Gasteiger partial charge in [0, 0.05) is 38.8 Å². The van der Waals surface area contributed by atoms with Crippen molar-refractivity contribution in [3.05, 3.63) is 28.6 Å². The molecule has 2 unspecified atom stereocenters. The van der Waals surface area contributed by atoms with E-state index in [1.54, 1.807) is 11.3 Å². The van der Waals surface area contributed by atoms with Gasteiger partial charge in [0.2, 0.25) is 0 Å². The number of piperazine rings is 1. The van der Waals surface area contributed by atoms with Crippen LogP contribution in [-0.2, 0) is 0 Å². The number of aliphatic hydroxyl groups excluding tert-OH is 1. The normalized spacial score (nSPS) is 27.6. The first kappa shape index (κ1) is 15.2. The molecule has 0 aliphatic carbocycles. The molecule has 23 heavy (non-hydrogen) atoms. The molecule has 0 amide bonds. The lowest BCUT2D eigenvalue weighted by atomic mass is 10.0. The third kappa shape index (κ3) is 3.05. The summed E-state index contributed by atoms with van der Waals surface area (Å²) in [5, 5.41) is 13.2. The summed E-state index contributed by atoms with van der Waals surface area (Å²) in [7, 11) is 0. The Balaban J connectivity index is 1.43. The van der Waals surface area contributed by atoms with E-state index in [2.05, 4.69) is 27.8 Å². The number of hydrogen-bond donors (Lipinski definition) is 1. The lowest BCUT2D eigenvalue weighted by molar-refractivity contribution is 0.254. The van der Waals surface area contributed by atoms with Crippen LogP contribution in [-0.4, -0.2) is 52.1 Å². The molecule has 4 heterocycles. The van der Waals surface area contributed by atoms with Crippen molar-refractivity contribution in [1.82, 2.24) is 9.80 Å². The van der Waals surface area contributed by atoms with Gasteiger partial charge in [-0.3, -0.25) is 0 Å². The molecule has 4 rings (SSSR count). The minimum Gasteiger partial charge on any atom is -0.377 e. The third-order valence-electron chi connectivity index (χ3n) is 4.39. The topological polar surface area (TPSA) is 51.4 Å². The zero-order valence-corrected chi connectivity index (χ0v) is 14.7. The molecule has 3 aliphatic heterocycles. The smallest absolute Gasteiger partial charge is 0.167 e. The fourth-order valence-electron chi connectivity index (χ4n) is 3.07. The summed E-state index contributed by atoms with van der Waals surface area (Å²) < 4.78 is 0. The van der Waals surface area contributed by atoms with Crippen molar-refractivity contribution in [2.45, 2.75) is 18.8 Å². The number of thioether (sulfide) groups is 1. The lowest BCUT2D eigenvalue weighted by Gasteiger charge is -2.39. The predicted octanol–water partition coefficient (Wildman–Crippen LogP) is 3.04. The second-order valence-electron chi connectivity index (χ2n) is 6.08. The quantitative estimate of drug-likeness (QED) is 0.783. The van der Waals surface area contributed by atoms with Crippen LogP contribution in [0.5, 0.6) is 0 Å². The Morgan fingerprint density at radius 3 is 2.78 bits per heavy atom. The third-order valence-corrected chi connectivity index (χ3v) is 6.52. The van der Waals surface area contributed by atoms with Gasteiger partial charge in [-0.15, -0.1) is 11.3 Å². The van der Waals surface area contributed by atoms with Crippen molar-refractivity contribution in [3.8, 4) is 0 Å². The summed E-state index contributed by atoms with van der Waals surface area (Å²) in [4.78, 5) is 14.9. The van der Waals surface area contributed by atoms with Crippen LogP contribution in [0.15, 0.2) is 33.7 Å². The molecule has 122 valence electrons. The predicted molar refractivity (Wildman–Crippen MR) is 97.5 cm³/mol. The second kappa shape index (κ2) is 6.30. The maximum absolute atomic E-state index is 10.3. The van der Waals surface area contributed by atoms with Gasteiger partial charge in [0.25, 0.3) is 0 Å². The van der Waals surface area contributed by atoms with Gasteiger partial charge in [-0.05, 0) is 17.4 Å². The summed E-state index contributed by atoms with van der Waals surface area (Å²) in [6, 6.07) is 1.99. The summed E-state index contributed by atoms with van der Waals surface area (Å²) in [5.74, 6) is 1.78. The van der Waals surface area contributed by atoms with E-state index in [-0.39, 0.29) is 0 Å². The van der Waals surface area contributed by atoms with E-state index < -0.39 is 5.44 Å². The first-order valence-corrected chi connectivity index (χ1v) is 9.70. The average Bonchev–Trinajstić information content (AvgIpc) is 3.04. The molecule has 1 saturated heterocycles. The van der Waals surface area contributed by atoms with E-state index in [1.165, 1.54) is 17.6 Å². The standard InChI is InChI=1S/C16H20N4OS2/c1-11-2-4-17-13(10-11)19-5-7-20(8-6-19)16-18-12-3-9-22-14(12)15(21)23-16/h2-4,9,11,15,21H,5-8,10H2,1H3. The van der Waals surface area contributed by atoms with Crippen molar-refractivity contribution in [2.24, 2.45) is 15.9 Å². The molecule has 1 N–H and O–H groups in total. The monoisotopic (exact) mass is 348 g/mol. The fraction of sp³-hybridized carbons (Fsp3) is 0.500. The SMILES string of the molecule is CC1C=CN=C(N2CCN(C3=Nc4ccsc4C(O)S3)CC2)C1. The first-order valence-electron chi connectivity index (χ1n) is 7.95. The molecule has 1 aromatic heterocycles. The van der Waals surface area contributed by atoms with Crippen LogP contribution in [0.25, 0.3) is 0 Å². The van der Waals surface area contributed by atoms with Crippen LogP contribution < -0.4 is 0 Å². The molecular formula is C16H20N4OS2. The highest BCUT2D eigenvalue weighted by Crippen LogP contribution is 2.43. The number of aliphatic imine (C=N–C) groups is 2. The molecule has 1 fully saturated rings. The van der Waals surface area contributed by atoms with Gasteiger partial charge in [0.1, 0.15) is 11.3 Å². The van der Waals surface area contributed by atoms with Crippen molar-refractivity contribution >= 4 is 39.8 Å². The highest BCUT2D eigenvalue weighted by atomic mass is 32.2. The number of aliphatic hydroxyl groups is 1.